The molecule has 28 heavy (non-hydrogen) atoms. The monoisotopic (exact) mass is 512 g/mol. The molecular weight excluding hydrogens is 499 g/mol. The first-order chi connectivity index (χ1) is 13.3. The Balaban J connectivity index is 1.82. The normalized spacial score (nSPS) is 15.4. The summed E-state index contributed by atoms with van der Waals surface area (Å²) in [4.78, 5) is 36.4. The van der Waals surface area contributed by atoms with Crippen LogP contribution >= 0.6 is 34.4 Å². The van der Waals surface area contributed by atoms with Crippen molar-refractivity contribution >= 4 is 57.3 Å². The molecule has 2 aromatic rings. The second-order valence-electron chi connectivity index (χ2n) is 5.75. The van der Waals surface area contributed by atoms with E-state index in [4.69, 9.17) is 4.74 Å². The Morgan fingerprint density at radius 3 is 2.57 bits per heavy atom. The van der Waals surface area contributed by atoms with Gasteiger partial charge in [-0.25, -0.2) is 0 Å². The van der Waals surface area contributed by atoms with E-state index < -0.39 is 16.1 Å². The molecule has 0 bridgehead atoms. The quantitative estimate of drug-likeness (QED) is 0.278. The van der Waals surface area contributed by atoms with Crippen LogP contribution in [0.3, 0.4) is 0 Å². The van der Waals surface area contributed by atoms with Crippen LogP contribution in [0.1, 0.15) is 11.1 Å². The van der Waals surface area contributed by atoms with Gasteiger partial charge in [-0.15, -0.1) is 0 Å². The Labute approximate surface area is 177 Å². The van der Waals surface area contributed by atoms with Crippen LogP contribution < -0.4 is 4.74 Å². The fraction of sp³-hybridized carbons (Fsp3) is 0.111. The molecule has 144 valence electrons. The van der Waals surface area contributed by atoms with Gasteiger partial charge in [-0.2, -0.15) is 0 Å². The summed E-state index contributed by atoms with van der Waals surface area (Å²) in [6.45, 7) is 0.0242. The van der Waals surface area contributed by atoms with Gasteiger partial charge in [0.1, 0.15) is 0 Å². The Hall–Kier alpha value is -2.60. The summed E-state index contributed by atoms with van der Waals surface area (Å²) in [5.74, 6) is -0.176. The molecule has 10 heteroatoms. The Morgan fingerprint density at radius 2 is 1.96 bits per heavy atom. The molecule has 0 radical (unpaired) electrons. The zero-order chi connectivity index (χ0) is 20.4. The lowest BCUT2D eigenvalue weighted by Crippen LogP contribution is -2.27. The molecule has 1 fully saturated rings. The highest BCUT2D eigenvalue weighted by molar-refractivity contribution is 14.1. The molecule has 0 saturated carbocycles. The summed E-state index contributed by atoms with van der Waals surface area (Å²) in [5.41, 5.74) is 1.16. The van der Waals surface area contributed by atoms with Gasteiger partial charge >= 0.3 is 0 Å². The van der Waals surface area contributed by atoms with Crippen molar-refractivity contribution in [2.75, 3.05) is 7.11 Å². The number of rotatable bonds is 5. The predicted molar refractivity (Wildman–Crippen MR) is 112 cm³/mol. The number of nitro groups is 1. The van der Waals surface area contributed by atoms with E-state index >= 15 is 0 Å². The summed E-state index contributed by atoms with van der Waals surface area (Å²) in [7, 11) is 1.42. The fourth-order valence-corrected chi connectivity index (χ4v) is 3.99. The van der Waals surface area contributed by atoms with E-state index in [1.165, 1.54) is 31.4 Å². The van der Waals surface area contributed by atoms with E-state index in [1.807, 2.05) is 22.6 Å². The smallest absolute Gasteiger partial charge is 0.293 e. The number of hydrogen-bond acceptors (Lipinski definition) is 7. The van der Waals surface area contributed by atoms with Crippen LogP contribution in [0.25, 0.3) is 6.08 Å². The molecule has 2 aromatic carbocycles. The number of aromatic hydroxyl groups is 1. The summed E-state index contributed by atoms with van der Waals surface area (Å²) in [6.07, 6.45) is 1.56. The number of hydrogen-bond donors (Lipinski definition) is 1. The first-order valence-corrected chi connectivity index (χ1v) is 9.75. The number of imide groups is 1. The number of phenolic OH excluding ortho intramolecular Hbond substituents is 1. The molecule has 0 aromatic heterocycles. The number of benzene rings is 2. The van der Waals surface area contributed by atoms with Gasteiger partial charge in [-0.3, -0.25) is 24.6 Å². The highest BCUT2D eigenvalue weighted by Gasteiger charge is 2.35. The summed E-state index contributed by atoms with van der Waals surface area (Å²) < 4.78 is 5.65. The van der Waals surface area contributed by atoms with E-state index in [0.29, 0.717) is 14.7 Å². The van der Waals surface area contributed by atoms with Crippen LogP contribution in [0.2, 0.25) is 0 Å². The summed E-state index contributed by atoms with van der Waals surface area (Å²) in [6, 6.07) is 8.92. The molecule has 8 nitrogen and oxygen atoms in total. The minimum absolute atomic E-state index is 0.00604. The number of halogens is 1. The van der Waals surface area contributed by atoms with Gasteiger partial charge in [0, 0.05) is 12.1 Å². The highest BCUT2D eigenvalue weighted by Crippen LogP contribution is 2.37. The Morgan fingerprint density at radius 1 is 1.29 bits per heavy atom. The predicted octanol–water partition coefficient (Wildman–Crippen LogP) is 4.15. The van der Waals surface area contributed by atoms with Crippen LogP contribution in [0, 0.1) is 13.7 Å². The largest absolute Gasteiger partial charge is 0.504 e. The van der Waals surface area contributed by atoms with Crippen molar-refractivity contribution in [3.05, 3.63) is 66.1 Å². The van der Waals surface area contributed by atoms with Crippen molar-refractivity contribution in [2.24, 2.45) is 0 Å². The lowest BCUT2D eigenvalue weighted by atomic mass is 10.1. The molecule has 1 aliphatic heterocycles. The second kappa shape index (κ2) is 8.19. The van der Waals surface area contributed by atoms with Crippen LogP contribution in [0.15, 0.2) is 41.3 Å². The van der Waals surface area contributed by atoms with Gasteiger partial charge in [0.05, 0.1) is 27.1 Å². The van der Waals surface area contributed by atoms with Crippen molar-refractivity contribution in [3.63, 3.8) is 0 Å². The summed E-state index contributed by atoms with van der Waals surface area (Å²) in [5, 5.41) is 20.2. The SMILES string of the molecule is COc1cc(/C=C2/SC(=O)N(Cc3ccc([N+](=O)[O-])cc3)C2=O)cc(I)c1O. The second-order valence-corrected chi connectivity index (χ2v) is 7.90. The van der Waals surface area contributed by atoms with Crippen LogP contribution in [0.4, 0.5) is 10.5 Å². The maximum absolute atomic E-state index is 12.6. The minimum Gasteiger partial charge on any atom is -0.504 e. The van der Waals surface area contributed by atoms with Gasteiger partial charge < -0.3 is 9.84 Å². The van der Waals surface area contributed by atoms with E-state index in [-0.39, 0.29) is 28.6 Å². The molecular formula is C18H13IN2O6S. The molecule has 0 spiro atoms. The maximum Gasteiger partial charge on any atom is 0.293 e. The van der Waals surface area contributed by atoms with Crippen molar-refractivity contribution in [2.45, 2.75) is 6.54 Å². The molecule has 0 unspecified atom stereocenters. The van der Waals surface area contributed by atoms with E-state index in [9.17, 15) is 24.8 Å². The van der Waals surface area contributed by atoms with Crippen molar-refractivity contribution in [3.8, 4) is 11.5 Å². The van der Waals surface area contributed by atoms with Gasteiger partial charge in [0.15, 0.2) is 11.5 Å². The van der Waals surface area contributed by atoms with Gasteiger partial charge in [-0.1, -0.05) is 12.1 Å². The topological polar surface area (TPSA) is 110 Å². The number of ether oxygens (including phenoxy) is 1. The average Bonchev–Trinajstić information content (AvgIpc) is 2.92. The number of nitro benzene ring substituents is 1. The number of methoxy groups -OCH3 is 1. The first kappa shape index (κ1) is 20.1. The van der Waals surface area contributed by atoms with Crippen molar-refractivity contribution in [1.29, 1.82) is 0 Å². The maximum atomic E-state index is 12.6. The van der Waals surface area contributed by atoms with Crippen LogP contribution in [-0.2, 0) is 11.3 Å². The van der Waals surface area contributed by atoms with Crippen LogP contribution in [-0.4, -0.2) is 33.2 Å². The van der Waals surface area contributed by atoms with Gasteiger partial charge in [0.25, 0.3) is 16.8 Å². The summed E-state index contributed by atoms with van der Waals surface area (Å²) >= 11 is 2.76. The first-order valence-electron chi connectivity index (χ1n) is 7.85. The number of amides is 2. The van der Waals surface area contributed by atoms with E-state index in [1.54, 1.807) is 18.2 Å². The zero-order valence-electron chi connectivity index (χ0n) is 14.4. The van der Waals surface area contributed by atoms with Crippen molar-refractivity contribution in [1.82, 2.24) is 4.90 Å². The lowest BCUT2D eigenvalue weighted by molar-refractivity contribution is -0.384. The van der Waals surface area contributed by atoms with E-state index in [2.05, 4.69) is 0 Å². The fourth-order valence-electron chi connectivity index (χ4n) is 2.53. The molecule has 1 saturated heterocycles. The third-order valence-corrected chi connectivity index (χ3v) is 5.66. The van der Waals surface area contributed by atoms with E-state index in [0.717, 1.165) is 16.7 Å². The van der Waals surface area contributed by atoms with Gasteiger partial charge in [0.2, 0.25) is 0 Å². The molecule has 1 heterocycles. The lowest BCUT2D eigenvalue weighted by Gasteiger charge is -2.12. The third-order valence-electron chi connectivity index (χ3n) is 3.93. The van der Waals surface area contributed by atoms with Gasteiger partial charge in [-0.05, 0) is 63.7 Å². The number of phenols is 1. The number of carbonyl (C=O) groups excluding carboxylic acids is 2. The molecule has 0 atom stereocenters. The molecule has 1 aliphatic rings. The number of nitrogens with zero attached hydrogens (tertiary/aromatic N) is 2. The molecule has 2 amide bonds. The third kappa shape index (κ3) is 4.12. The molecule has 1 N–H and O–H groups in total. The van der Waals surface area contributed by atoms with Crippen molar-refractivity contribution < 1.29 is 24.4 Å². The Bertz CT molecular complexity index is 1010. The molecule has 3 rings (SSSR count). The standard InChI is InChI=1S/C18H13IN2O6S/c1-27-14-7-11(6-13(19)16(14)22)8-15-17(23)20(18(24)28-15)9-10-2-4-12(5-3-10)21(25)26/h2-8,22H,9H2,1H3/b15-8+. The average molecular weight is 512 g/mol. The molecule has 0 aliphatic carbocycles. The zero-order valence-corrected chi connectivity index (χ0v) is 17.4. The Kier molecular flexibility index (Phi) is 5.89. The highest BCUT2D eigenvalue weighted by atomic mass is 127. The van der Waals surface area contributed by atoms with Crippen LogP contribution in [0.5, 0.6) is 11.5 Å². The number of carbonyl (C=O) groups is 2. The number of non-ortho nitro benzene ring substituents is 1. The number of thioether (sulfide) groups is 1. The minimum atomic E-state index is -0.514.